The number of amides is 2. The molecule has 3 aromatic carbocycles. The second-order valence-electron chi connectivity index (χ2n) is 15.3. The first-order valence-electron chi connectivity index (χ1n) is 20.4. The number of nitrogens with one attached hydrogen (secondary N) is 2. The van der Waals surface area contributed by atoms with Gasteiger partial charge in [-0.25, -0.2) is 14.8 Å². The van der Waals surface area contributed by atoms with Crippen LogP contribution in [0.25, 0.3) is 11.1 Å². The van der Waals surface area contributed by atoms with Gasteiger partial charge in [-0.15, -0.1) is 0 Å². The summed E-state index contributed by atoms with van der Waals surface area (Å²) in [5, 5.41) is 18.7. The van der Waals surface area contributed by atoms with Crippen LogP contribution in [-0.2, 0) is 22.6 Å². The van der Waals surface area contributed by atoms with Gasteiger partial charge in [0.2, 0.25) is 0 Å². The fraction of sp³-hybridized carbons (Fsp3) is 0.311. The molecule has 3 N–H and O–H groups in total. The van der Waals surface area contributed by atoms with Crippen molar-refractivity contribution in [3.8, 4) is 11.1 Å². The number of nitrogens with zero attached hydrogens (tertiary/aromatic N) is 6. The van der Waals surface area contributed by atoms with Crippen molar-refractivity contribution in [2.75, 3.05) is 79.4 Å². The Balaban J connectivity index is 0.000000174. The third-order valence-corrected chi connectivity index (χ3v) is 12.5. The molecule has 322 valence electrons. The molecular formula is C45H44Cl4N8O5. The number of carboxylic acids is 1. The fourth-order valence-corrected chi connectivity index (χ4v) is 8.81. The summed E-state index contributed by atoms with van der Waals surface area (Å²) in [6.07, 6.45) is 4.70. The molecule has 0 saturated carbocycles. The quantitative estimate of drug-likeness (QED) is 0.138. The molecule has 13 nitrogen and oxygen atoms in total. The van der Waals surface area contributed by atoms with Gasteiger partial charge in [0.1, 0.15) is 17.7 Å². The maximum Gasteiger partial charge on any atom is 0.336 e. The summed E-state index contributed by atoms with van der Waals surface area (Å²) in [6, 6.07) is 21.6. The summed E-state index contributed by atoms with van der Waals surface area (Å²) >= 11 is 25.0. The third-order valence-electron chi connectivity index (χ3n) is 11.3. The van der Waals surface area contributed by atoms with E-state index in [1.165, 1.54) is 0 Å². The average Bonchev–Trinajstić information content (AvgIpc) is 3.84. The molecule has 4 aliphatic heterocycles. The van der Waals surface area contributed by atoms with Crippen molar-refractivity contribution in [2.24, 2.45) is 0 Å². The van der Waals surface area contributed by atoms with Gasteiger partial charge in [0.25, 0.3) is 11.8 Å². The largest absolute Gasteiger partial charge is 0.478 e. The van der Waals surface area contributed by atoms with Gasteiger partial charge >= 0.3 is 5.97 Å². The lowest BCUT2D eigenvalue weighted by molar-refractivity contribution is -0.142. The summed E-state index contributed by atoms with van der Waals surface area (Å²) in [6.45, 7) is 6.83. The molecule has 6 heterocycles. The van der Waals surface area contributed by atoms with Crippen LogP contribution >= 0.6 is 46.4 Å². The molecule has 2 aromatic heterocycles. The molecule has 4 aliphatic rings. The standard InChI is InChI=1S/C24H27Cl2N5O3.C21H17Cl2N3O2/c25-18-3-4-19(26)17(12-18)15-31-6-5-27-22-20(31)13-16(14-28-22)23(32)29-7-9-30(10-8-29)24(33)21-2-1-11-34-21;22-15-5-6-18(23)14(9-15)12-26-8-7-24-20-19(26)10-13(11-25-20)16-3-1-2-4-17(16)21(27)28/h3-4,12-14,21H,1-2,5-11,15H2,(H,27,28);1-6,9-11H,7-8,12H2,(H,24,25)(H,27,28). The van der Waals surface area contributed by atoms with Crippen LogP contribution in [0.1, 0.15) is 44.7 Å². The normalized spacial score (nSPS) is 16.9. The lowest BCUT2D eigenvalue weighted by Gasteiger charge is -2.36. The number of aromatic nitrogens is 2. The molecule has 1 atom stereocenters. The van der Waals surface area contributed by atoms with Crippen LogP contribution in [0.4, 0.5) is 23.0 Å². The number of anilines is 4. The second-order valence-corrected chi connectivity index (χ2v) is 17.0. The predicted octanol–water partition coefficient (Wildman–Crippen LogP) is 8.47. The molecule has 17 heteroatoms. The Morgan fingerprint density at radius 1 is 0.710 bits per heavy atom. The summed E-state index contributed by atoms with van der Waals surface area (Å²) in [5.74, 6) is 0.509. The van der Waals surface area contributed by atoms with E-state index >= 15 is 0 Å². The number of carbonyl (C=O) groups excluding carboxylic acids is 2. The highest BCUT2D eigenvalue weighted by atomic mass is 35.5. The van der Waals surface area contributed by atoms with Crippen LogP contribution in [0, 0.1) is 0 Å². The van der Waals surface area contributed by atoms with E-state index in [0.717, 1.165) is 78.7 Å². The second kappa shape index (κ2) is 19.4. The first-order chi connectivity index (χ1) is 30.0. The van der Waals surface area contributed by atoms with Crippen LogP contribution in [0.5, 0.6) is 0 Å². The maximum atomic E-state index is 13.3. The zero-order valence-corrected chi connectivity index (χ0v) is 36.7. The molecule has 5 aromatic rings. The SMILES string of the molecule is O=C(O)c1ccccc1-c1cnc2c(c1)N(Cc1cc(Cl)ccc1Cl)CCN2.O=C(c1cnc2c(c1)N(Cc1cc(Cl)ccc1Cl)CCN2)N1CCN(C(=O)C2CCCO2)CC1. The van der Waals surface area contributed by atoms with Crippen molar-refractivity contribution in [3.05, 3.63) is 128 Å². The van der Waals surface area contributed by atoms with Crippen molar-refractivity contribution >= 4 is 87.2 Å². The minimum atomic E-state index is -0.964. The van der Waals surface area contributed by atoms with Crippen molar-refractivity contribution in [3.63, 3.8) is 0 Å². The molecule has 9 rings (SSSR count). The van der Waals surface area contributed by atoms with Crippen LogP contribution in [0.3, 0.4) is 0 Å². The summed E-state index contributed by atoms with van der Waals surface area (Å²) in [5.41, 5.74) is 5.78. The van der Waals surface area contributed by atoms with E-state index in [1.807, 2.05) is 35.2 Å². The molecule has 2 saturated heterocycles. The number of hydrogen-bond acceptors (Lipinski definition) is 10. The number of ether oxygens (including phenoxy) is 1. The van der Waals surface area contributed by atoms with E-state index in [0.29, 0.717) is 77.1 Å². The average molecular weight is 919 g/mol. The van der Waals surface area contributed by atoms with E-state index < -0.39 is 5.97 Å². The number of piperazine rings is 1. The predicted molar refractivity (Wildman–Crippen MR) is 244 cm³/mol. The Hall–Kier alpha value is -5.31. The lowest BCUT2D eigenvalue weighted by Crippen LogP contribution is -2.52. The highest BCUT2D eigenvalue weighted by Gasteiger charge is 2.32. The third kappa shape index (κ3) is 9.82. The van der Waals surface area contributed by atoms with E-state index in [4.69, 9.17) is 51.1 Å². The minimum Gasteiger partial charge on any atom is -0.478 e. The van der Waals surface area contributed by atoms with Crippen LogP contribution in [-0.4, -0.2) is 108 Å². The zero-order chi connectivity index (χ0) is 43.3. The number of rotatable bonds is 8. The van der Waals surface area contributed by atoms with Crippen molar-refractivity contribution in [2.45, 2.75) is 32.0 Å². The number of pyridine rings is 2. The first kappa shape index (κ1) is 43.3. The highest BCUT2D eigenvalue weighted by Crippen LogP contribution is 2.36. The summed E-state index contributed by atoms with van der Waals surface area (Å²) in [7, 11) is 0. The Morgan fingerprint density at radius 3 is 1.89 bits per heavy atom. The summed E-state index contributed by atoms with van der Waals surface area (Å²) < 4.78 is 5.52. The Kier molecular flexibility index (Phi) is 13.6. The number of benzene rings is 3. The van der Waals surface area contributed by atoms with Gasteiger partial charge in [-0.05, 0) is 84.1 Å². The van der Waals surface area contributed by atoms with Gasteiger partial charge in [-0.1, -0.05) is 64.6 Å². The number of fused-ring (bicyclic) bond motifs is 2. The Bertz CT molecular complexity index is 2480. The van der Waals surface area contributed by atoms with Crippen molar-refractivity contribution in [1.82, 2.24) is 19.8 Å². The van der Waals surface area contributed by atoms with Gasteiger partial charge in [0.05, 0.1) is 22.5 Å². The molecule has 0 aliphatic carbocycles. The van der Waals surface area contributed by atoms with Gasteiger partial charge < -0.3 is 40.1 Å². The topological polar surface area (TPSA) is 143 Å². The van der Waals surface area contributed by atoms with E-state index in [-0.39, 0.29) is 23.5 Å². The maximum absolute atomic E-state index is 13.3. The number of carboxylic acid groups (broad SMARTS) is 1. The molecule has 2 amide bonds. The van der Waals surface area contributed by atoms with Gasteiger partial charge in [0.15, 0.2) is 0 Å². The molecular weight excluding hydrogens is 874 g/mol. The number of hydrogen-bond donors (Lipinski definition) is 3. The molecule has 0 bridgehead atoms. The Morgan fingerprint density at radius 2 is 1.29 bits per heavy atom. The minimum absolute atomic E-state index is 0.0430. The van der Waals surface area contributed by atoms with Crippen molar-refractivity contribution in [1.29, 1.82) is 0 Å². The van der Waals surface area contributed by atoms with Crippen LogP contribution < -0.4 is 20.4 Å². The molecule has 2 fully saturated rings. The molecule has 62 heavy (non-hydrogen) atoms. The van der Waals surface area contributed by atoms with Crippen LogP contribution in [0.2, 0.25) is 20.1 Å². The van der Waals surface area contributed by atoms with E-state index in [1.54, 1.807) is 59.8 Å². The van der Waals surface area contributed by atoms with Crippen molar-refractivity contribution < 1.29 is 24.2 Å². The highest BCUT2D eigenvalue weighted by molar-refractivity contribution is 6.34. The van der Waals surface area contributed by atoms with E-state index in [2.05, 4.69) is 30.4 Å². The number of carbonyl (C=O) groups is 3. The summed E-state index contributed by atoms with van der Waals surface area (Å²) in [4.78, 5) is 54.4. The monoisotopic (exact) mass is 916 g/mol. The fourth-order valence-electron chi connectivity index (χ4n) is 8.06. The van der Waals surface area contributed by atoms with Gasteiger partial charge in [-0.3, -0.25) is 9.59 Å². The molecule has 0 radical (unpaired) electrons. The van der Waals surface area contributed by atoms with Gasteiger partial charge in [-0.2, -0.15) is 0 Å². The van der Waals surface area contributed by atoms with Gasteiger partial charge in [0, 0.05) is 110 Å². The lowest BCUT2D eigenvalue weighted by atomic mass is 10.0. The zero-order valence-electron chi connectivity index (χ0n) is 33.6. The van der Waals surface area contributed by atoms with Crippen LogP contribution in [0.15, 0.2) is 85.2 Å². The molecule has 0 spiro atoms. The smallest absolute Gasteiger partial charge is 0.336 e. The molecule has 1 unspecified atom stereocenters. The number of halogens is 4. The Labute approximate surface area is 379 Å². The number of aromatic carboxylic acids is 1. The first-order valence-corrected chi connectivity index (χ1v) is 21.9. The van der Waals surface area contributed by atoms with E-state index in [9.17, 15) is 19.5 Å².